The second-order valence-corrected chi connectivity index (χ2v) is 4.36. The number of benzene rings is 2. The van der Waals surface area contributed by atoms with Crippen LogP contribution in [0.15, 0.2) is 53.4 Å². The fourth-order valence-electron chi connectivity index (χ4n) is 1.60. The lowest BCUT2D eigenvalue weighted by molar-refractivity contribution is 0.101. The topological polar surface area (TPSA) is 17.1 Å². The molecular weight excluding hydrogens is 235 g/mol. The number of carbonyl (C=O) groups is 1. The van der Waals surface area contributed by atoms with Crippen molar-refractivity contribution >= 4 is 17.9 Å². The predicted octanol–water partition coefficient (Wildman–Crippen LogP) is 4.53. The molecule has 3 heteroatoms. The highest BCUT2D eigenvalue weighted by atomic mass is 32.2. The first-order chi connectivity index (χ1) is 8.20. The molecule has 0 aliphatic heterocycles. The van der Waals surface area contributed by atoms with Gasteiger partial charge in [-0.25, -0.2) is 0 Å². The van der Waals surface area contributed by atoms with Gasteiger partial charge in [0.05, 0.1) is 12.1 Å². The van der Waals surface area contributed by atoms with Crippen LogP contribution in [0.1, 0.15) is 17.3 Å². The fraction of sp³-hybridized carbons (Fsp3) is 0.0714. The van der Waals surface area contributed by atoms with Crippen LogP contribution in [0, 0.1) is 0 Å². The molecule has 0 unspecified atom stereocenters. The lowest BCUT2D eigenvalue weighted by Crippen LogP contribution is -1.90. The SMILES string of the molecule is CC(=O)c1ccc(-c2ccc(SF)cc2)cc1. The van der Waals surface area contributed by atoms with Crippen molar-refractivity contribution in [2.75, 3.05) is 0 Å². The zero-order chi connectivity index (χ0) is 12.3. The Bertz CT molecular complexity index is 517. The van der Waals surface area contributed by atoms with E-state index in [-0.39, 0.29) is 17.9 Å². The molecule has 17 heavy (non-hydrogen) atoms. The third kappa shape index (κ3) is 2.74. The highest BCUT2D eigenvalue weighted by molar-refractivity contribution is 7.94. The van der Waals surface area contributed by atoms with E-state index in [9.17, 15) is 8.68 Å². The van der Waals surface area contributed by atoms with E-state index in [1.165, 1.54) is 0 Å². The van der Waals surface area contributed by atoms with Gasteiger partial charge in [0.2, 0.25) is 0 Å². The van der Waals surface area contributed by atoms with Gasteiger partial charge in [-0.1, -0.05) is 36.4 Å². The van der Waals surface area contributed by atoms with E-state index >= 15 is 0 Å². The lowest BCUT2D eigenvalue weighted by atomic mass is 10.0. The zero-order valence-corrected chi connectivity index (χ0v) is 10.1. The molecule has 2 aromatic rings. The standard InChI is InChI=1S/C14H11FOS/c1-10(16)11-2-4-12(5-3-11)13-6-8-14(17-15)9-7-13/h2-9H,1H3. The molecule has 0 amide bonds. The Balaban J connectivity index is 2.29. The number of ketones is 1. The molecule has 0 saturated carbocycles. The lowest BCUT2D eigenvalue weighted by Gasteiger charge is -2.03. The molecule has 0 spiro atoms. The van der Waals surface area contributed by atoms with Crippen LogP contribution in [0.25, 0.3) is 11.1 Å². The van der Waals surface area contributed by atoms with Crippen LogP contribution < -0.4 is 0 Å². The molecule has 2 aromatic carbocycles. The van der Waals surface area contributed by atoms with Crippen LogP contribution in [0.4, 0.5) is 3.89 Å². The van der Waals surface area contributed by atoms with Crippen molar-refractivity contribution in [3.05, 3.63) is 54.1 Å². The van der Waals surface area contributed by atoms with Gasteiger partial charge >= 0.3 is 0 Å². The summed E-state index contributed by atoms with van der Waals surface area (Å²) in [6.07, 6.45) is 0. The van der Waals surface area contributed by atoms with Gasteiger partial charge in [0.1, 0.15) is 0 Å². The van der Waals surface area contributed by atoms with Crippen LogP contribution in [0.5, 0.6) is 0 Å². The van der Waals surface area contributed by atoms with E-state index in [1.54, 1.807) is 31.2 Å². The van der Waals surface area contributed by atoms with Gasteiger partial charge in [-0.3, -0.25) is 4.79 Å². The van der Waals surface area contributed by atoms with E-state index in [0.29, 0.717) is 10.5 Å². The summed E-state index contributed by atoms with van der Waals surface area (Å²) >= 11 is 0.234. The summed E-state index contributed by atoms with van der Waals surface area (Å²) in [5.74, 6) is 0.0562. The van der Waals surface area contributed by atoms with E-state index in [2.05, 4.69) is 0 Å². The number of carbonyl (C=O) groups excluding carboxylic acids is 1. The van der Waals surface area contributed by atoms with Gasteiger partial charge in [-0.2, -0.15) is 3.89 Å². The summed E-state index contributed by atoms with van der Waals surface area (Å²) in [6, 6.07) is 14.6. The summed E-state index contributed by atoms with van der Waals surface area (Å²) in [4.78, 5) is 11.7. The van der Waals surface area contributed by atoms with E-state index in [0.717, 1.165) is 11.1 Å². The average molecular weight is 246 g/mol. The molecule has 0 atom stereocenters. The average Bonchev–Trinajstić information content (AvgIpc) is 2.39. The molecule has 0 N–H and O–H groups in total. The summed E-state index contributed by atoms with van der Waals surface area (Å²) in [7, 11) is 0. The largest absolute Gasteiger partial charge is 0.295 e. The Hall–Kier alpha value is -1.61. The first-order valence-electron chi connectivity index (χ1n) is 5.21. The highest BCUT2D eigenvalue weighted by Gasteiger charge is 2.01. The quantitative estimate of drug-likeness (QED) is 0.740. The molecule has 2 rings (SSSR count). The molecular formula is C14H11FOS. The number of hydrogen-bond donors (Lipinski definition) is 0. The number of hydrogen-bond acceptors (Lipinski definition) is 2. The Kier molecular flexibility index (Phi) is 3.59. The molecule has 0 bridgehead atoms. The summed E-state index contributed by atoms with van der Waals surface area (Å²) in [6.45, 7) is 1.54. The number of rotatable bonds is 3. The second kappa shape index (κ2) is 5.15. The van der Waals surface area contributed by atoms with Crippen LogP contribution in [-0.2, 0) is 0 Å². The van der Waals surface area contributed by atoms with E-state index < -0.39 is 0 Å². The van der Waals surface area contributed by atoms with Crippen molar-refractivity contribution in [2.24, 2.45) is 0 Å². The maximum atomic E-state index is 12.3. The molecule has 0 aliphatic carbocycles. The van der Waals surface area contributed by atoms with Crippen molar-refractivity contribution in [1.82, 2.24) is 0 Å². The molecule has 0 heterocycles. The predicted molar refractivity (Wildman–Crippen MR) is 68.8 cm³/mol. The Morgan fingerprint density at radius 3 is 1.82 bits per heavy atom. The van der Waals surface area contributed by atoms with Gasteiger partial charge in [0.15, 0.2) is 5.78 Å². The third-order valence-electron chi connectivity index (χ3n) is 2.57. The van der Waals surface area contributed by atoms with Gasteiger partial charge < -0.3 is 0 Å². The Morgan fingerprint density at radius 2 is 1.41 bits per heavy atom. The van der Waals surface area contributed by atoms with E-state index in [4.69, 9.17) is 0 Å². The summed E-state index contributed by atoms with van der Waals surface area (Å²) in [5.41, 5.74) is 2.73. The maximum absolute atomic E-state index is 12.3. The molecule has 0 saturated heterocycles. The van der Waals surface area contributed by atoms with E-state index in [1.807, 2.05) is 24.3 Å². The molecule has 0 aromatic heterocycles. The van der Waals surface area contributed by atoms with Crippen molar-refractivity contribution in [2.45, 2.75) is 11.8 Å². The molecule has 86 valence electrons. The minimum atomic E-state index is 0.0562. The first kappa shape index (κ1) is 11.9. The Labute approximate surface area is 104 Å². The van der Waals surface area contributed by atoms with Crippen LogP contribution in [0.3, 0.4) is 0 Å². The minimum Gasteiger partial charge on any atom is -0.295 e. The maximum Gasteiger partial charge on any atom is 0.159 e. The molecule has 0 fully saturated rings. The number of Topliss-reactive ketones (excluding diaryl/α,β-unsaturated/α-hetero) is 1. The third-order valence-corrected chi connectivity index (χ3v) is 3.02. The van der Waals surface area contributed by atoms with Crippen LogP contribution >= 0.6 is 12.1 Å². The molecule has 1 nitrogen and oxygen atoms in total. The summed E-state index contributed by atoms with van der Waals surface area (Å²) < 4.78 is 12.3. The van der Waals surface area contributed by atoms with Crippen molar-refractivity contribution < 1.29 is 8.68 Å². The second-order valence-electron chi connectivity index (χ2n) is 3.74. The normalized spacial score (nSPS) is 10.2. The fourth-order valence-corrected chi connectivity index (χ4v) is 1.84. The molecule has 0 aliphatic rings. The van der Waals surface area contributed by atoms with Gasteiger partial charge in [-0.05, 0) is 30.2 Å². The van der Waals surface area contributed by atoms with Crippen molar-refractivity contribution in [3.8, 4) is 11.1 Å². The number of halogens is 1. The van der Waals surface area contributed by atoms with Gasteiger partial charge in [0.25, 0.3) is 0 Å². The van der Waals surface area contributed by atoms with Crippen LogP contribution in [-0.4, -0.2) is 5.78 Å². The highest BCUT2D eigenvalue weighted by Crippen LogP contribution is 2.24. The van der Waals surface area contributed by atoms with Crippen LogP contribution in [0.2, 0.25) is 0 Å². The summed E-state index contributed by atoms with van der Waals surface area (Å²) in [5, 5.41) is 0. The van der Waals surface area contributed by atoms with Gasteiger partial charge in [0, 0.05) is 10.5 Å². The van der Waals surface area contributed by atoms with Crippen molar-refractivity contribution in [3.63, 3.8) is 0 Å². The zero-order valence-electron chi connectivity index (χ0n) is 9.31. The molecule has 0 radical (unpaired) electrons. The Morgan fingerprint density at radius 1 is 0.941 bits per heavy atom. The smallest absolute Gasteiger partial charge is 0.159 e. The first-order valence-corrected chi connectivity index (χ1v) is 5.92. The monoisotopic (exact) mass is 246 g/mol. The minimum absolute atomic E-state index is 0.0562. The van der Waals surface area contributed by atoms with Crippen molar-refractivity contribution in [1.29, 1.82) is 0 Å². The van der Waals surface area contributed by atoms with Gasteiger partial charge in [-0.15, -0.1) is 0 Å².